The fourth-order valence-corrected chi connectivity index (χ4v) is 3.19. The molecule has 0 heterocycles. The lowest BCUT2D eigenvalue weighted by molar-refractivity contribution is 0.520. The highest BCUT2D eigenvalue weighted by Gasteiger charge is 2.20. The summed E-state index contributed by atoms with van der Waals surface area (Å²) in [6, 6.07) is 5.37. The highest BCUT2D eigenvalue weighted by atomic mass is 79.9. The summed E-state index contributed by atoms with van der Waals surface area (Å²) < 4.78 is 25.9. The fraction of sp³-hybridized carbons (Fsp3) is 0.455. The number of hydrogen-bond donors (Lipinski definition) is 1. The van der Waals surface area contributed by atoms with E-state index in [9.17, 15) is 8.42 Å². The predicted octanol–water partition coefficient (Wildman–Crippen LogP) is 1.81. The average molecular weight is 321 g/mol. The molecule has 0 radical (unpaired) electrons. The van der Waals surface area contributed by atoms with Gasteiger partial charge in [0.15, 0.2) is 0 Å². The molecule has 0 bridgehead atoms. The van der Waals surface area contributed by atoms with Crippen LogP contribution in [0.2, 0.25) is 0 Å². The largest absolute Gasteiger partial charge is 0.313 e. The van der Waals surface area contributed by atoms with Crippen molar-refractivity contribution in [3.05, 3.63) is 28.2 Å². The van der Waals surface area contributed by atoms with Crippen molar-refractivity contribution in [2.24, 2.45) is 0 Å². The van der Waals surface area contributed by atoms with Crippen LogP contribution in [-0.4, -0.2) is 33.4 Å². The number of halogens is 1. The molecule has 0 aromatic heterocycles. The molecule has 96 valence electrons. The fourth-order valence-electron chi connectivity index (χ4n) is 1.32. The van der Waals surface area contributed by atoms with Gasteiger partial charge in [0.1, 0.15) is 0 Å². The summed E-state index contributed by atoms with van der Waals surface area (Å²) in [4.78, 5) is 0.304. The number of benzene rings is 1. The van der Waals surface area contributed by atoms with Crippen LogP contribution in [0.3, 0.4) is 0 Å². The molecular weight excluding hydrogens is 304 g/mol. The number of hydrogen-bond acceptors (Lipinski definition) is 3. The summed E-state index contributed by atoms with van der Waals surface area (Å²) in [5, 5.41) is 3.17. The SMILES string of the molecule is CCNCc1ccc(Br)c(S(=O)(=O)N(C)C)c1. The van der Waals surface area contributed by atoms with E-state index in [4.69, 9.17) is 0 Å². The van der Waals surface area contributed by atoms with Gasteiger partial charge in [-0.15, -0.1) is 0 Å². The minimum atomic E-state index is -3.40. The number of rotatable bonds is 5. The molecule has 0 saturated heterocycles. The lowest BCUT2D eigenvalue weighted by Gasteiger charge is -2.14. The van der Waals surface area contributed by atoms with Crippen molar-refractivity contribution in [1.82, 2.24) is 9.62 Å². The van der Waals surface area contributed by atoms with Gasteiger partial charge >= 0.3 is 0 Å². The van der Waals surface area contributed by atoms with Crippen LogP contribution < -0.4 is 5.32 Å². The summed E-state index contributed by atoms with van der Waals surface area (Å²) in [6.07, 6.45) is 0. The van der Waals surface area contributed by atoms with E-state index < -0.39 is 10.0 Å². The van der Waals surface area contributed by atoms with Gasteiger partial charge in [0, 0.05) is 25.1 Å². The van der Waals surface area contributed by atoms with E-state index in [0.717, 1.165) is 12.1 Å². The highest BCUT2D eigenvalue weighted by Crippen LogP contribution is 2.25. The Hall–Kier alpha value is -0.430. The zero-order chi connectivity index (χ0) is 13.1. The molecule has 6 heteroatoms. The van der Waals surface area contributed by atoms with E-state index in [1.165, 1.54) is 18.4 Å². The van der Waals surface area contributed by atoms with Crippen molar-refractivity contribution in [3.8, 4) is 0 Å². The van der Waals surface area contributed by atoms with E-state index in [1.807, 2.05) is 13.0 Å². The van der Waals surface area contributed by atoms with Crippen LogP contribution in [0.5, 0.6) is 0 Å². The maximum Gasteiger partial charge on any atom is 0.243 e. The molecule has 0 aliphatic rings. The maximum atomic E-state index is 12.1. The van der Waals surface area contributed by atoms with Gasteiger partial charge in [0.25, 0.3) is 0 Å². The first-order valence-electron chi connectivity index (χ1n) is 5.31. The maximum absolute atomic E-state index is 12.1. The molecule has 0 saturated carbocycles. The molecular formula is C11H17BrN2O2S. The van der Waals surface area contributed by atoms with E-state index >= 15 is 0 Å². The Morgan fingerprint density at radius 3 is 2.53 bits per heavy atom. The second-order valence-corrected chi connectivity index (χ2v) is 6.81. The lowest BCUT2D eigenvalue weighted by atomic mass is 10.2. The molecule has 0 amide bonds. The monoisotopic (exact) mass is 320 g/mol. The van der Waals surface area contributed by atoms with Crippen molar-refractivity contribution in [2.75, 3.05) is 20.6 Å². The third-order valence-electron chi connectivity index (χ3n) is 2.33. The smallest absolute Gasteiger partial charge is 0.243 e. The van der Waals surface area contributed by atoms with Crippen molar-refractivity contribution in [3.63, 3.8) is 0 Å². The summed E-state index contributed by atoms with van der Waals surface area (Å²) in [6.45, 7) is 3.53. The van der Waals surface area contributed by atoms with Crippen molar-refractivity contribution >= 4 is 26.0 Å². The second kappa shape index (κ2) is 5.95. The first-order valence-corrected chi connectivity index (χ1v) is 7.54. The Labute approximate surface area is 111 Å². The standard InChI is InChI=1S/C11H17BrN2O2S/c1-4-13-8-9-5-6-10(12)11(7-9)17(15,16)14(2)3/h5-7,13H,4,8H2,1-3H3. The molecule has 0 spiro atoms. The van der Waals surface area contributed by atoms with Crippen molar-refractivity contribution < 1.29 is 8.42 Å². The molecule has 0 aliphatic carbocycles. The molecule has 1 aromatic carbocycles. The zero-order valence-electron chi connectivity index (χ0n) is 10.2. The quantitative estimate of drug-likeness (QED) is 0.900. The Kier molecular flexibility index (Phi) is 5.12. The Morgan fingerprint density at radius 2 is 2.00 bits per heavy atom. The summed E-state index contributed by atoms with van der Waals surface area (Å²) in [5.41, 5.74) is 0.954. The van der Waals surface area contributed by atoms with E-state index in [2.05, 4.69) is 21.2 Å². The first kappa shape index (κ1) is 14.6. The number of sulfonamides is 1. The van der Waals surface area contributed by atoms with Gasteiger partial charge in [0.05, 0.1) is 4.90 Å². The molecule has 1 N–H and O–H groups in total. The van der Waals surface area contributed by atoms with E-state index in [1.54, 1.807) is 12.1 Å². The van der Waals surface area contributed by atoms with Gasteiger partial charge in [0.2, 0.25) is 10.0 Å². The average Bonchev–Trinajstić information content (AvgIpc) is 2.27. The van der Waals surface area contributed by atoms with Gasteiger partial charge < -0.3 is 5.32 Å². The van der Waals surface area contributed by atoms with Gasteiger partial charge in [-0.1, -0.05) is 13.0 Å². The van der Waals surface area contributed by atoms with Crippen molar-refractivity contribution in [1.29, 1.82) is 0 Å². The molecule has 0 unspecified atom stereocenters. The minimum Gasteiger partial charge on any atom is -0.313 e. The highest BCUT2D eigenvalue weighted by molar-refractivity contribution is 9.10. The Balaban J connectivity index is 3.15. The predicted molar refractivity (Wildman–Crippen MR) is 72.4 cm³/mol. The van der Waals surface area contributed by atoms with Gasteiger partial charge in [-0.2, -0.15) is 0 Å². The minimum absolute atomic E-state index is 0.304. The number of nitrogens with one attached hydrogen (secondary N) is 1. The third-order valence-corrected chi connectivity index (χ3v) is 5.14. The van der Waals surface area contributed by atoms with Crippen LogP contribution in [0.15, 0.2) is 27.6 Å². The summed E-state index contributed by atoms with van der Waals surface area (Å²) in [7, 11) is -0.343. The van der Waals surface area contributed by atoms with Crippen LogP contribution in [0.1, 0.15) is 12.5 Å². The molecule has 1 aromatic rings. The first-order chi connectivity index (χ1) is 7.89. The Bertz CT molecular complexity index is 486. The molecule has 0 aliphatic heterocycles. The van der Waals surface area contributed by atoms with Crippen LogP contribution in [0.4, 0.5) is 0 Å². The molecule has 17 heavy (non-hydrogen) atoms. The number of nitrogens with zero attached hydrogens (tertiary/aromatic N) is 1. The van der Waals surface area contributed by atoms with Crippen LogP contribution in [0, 0.1) is 0 Å². The van der Waals surface area contributed by atoms with Crippen LogP contribution >= 0.6 is 15.9 Å². The Morgan fingerprint density at radius 1 is 1.35 bits per heavy atom. The molecule has 0 fully saturated rings. The summed E-state index contributed by atoms with van der Waals surface area (Å²) in [5.74, 6) is 0. The van der Waals surface area contributed by atoms with E-state index in [-0.39, 0.29) is 0 Å². The molecule has 4 nitrogen and oxygen atoms in total. The van der Waals surface area contributed by atoms with Gasteiger partial charge in [-0.25, -0.2) is 12.7 Å². The van der Waals surface area contributed by atoms with Gasteiger partial charge in [-0.3, -0.25) is 0 Å². The summed E-state index contributed by atoms with van der Waals surface area (Å²) >= 11 is 3.28. The topological polar surface area (TPSA) is 49.4 Å². The van der Waals surface area contributed by atoms with Crippen molar-refractivity contribution in [2.45, 2.75) is 18.4 Å². The second-order valence-electron chi connectivity index (χ2n) is 3.83. The van der Waals surface area contributed by atoms with E-state index in [0.29, 0.717) is 15.9 Å². The third kappa shape index (κ3) is 3.51. The van der Waals surface area contributed by atoms with Gasteiger partial charge in [-0.05, 0) is 40.2 Å². The lowest BCUT2D eigenvalue weighted by Crippen LogP contribution is -2.23. The zero-order valence-corrected chi connectivity index (χ0v) is 12.6. The molecule has 1 rings (SSSR count). The normalized spacial score (nSPS) is 12.1. The molecule has 0 atom stereocenters. The van der Waals surface area contributed by atoms with Crippen LogP contribution in [-0.2, 0) is 16.6 Å². The van der Waals surface area contributed by atoms with Crippen LogP contribution in [0.25, 0.3) is 0 Å².